The molecule has 3 N–H and O–H groups in total. The highest BCUT2D eigenvalue weighted by atomic mass is 16.3. The van der Waals surface area contributed by atoms with Crippen molar-refractivity contribution in [2.75, 3.05) is 5.73 Å². The van der Waals surface area contributed by atoms with Crippen LogP contribution in [0.3, 0.4) is 0 Å². The van der Waals surface area contributed by atoms with Crippen molar-refractivity contribution in [3.05, 3.63) is 22.3 Å². The zero-order valence-electron chi connectivity index (χ0n) is 9.84. The first-order chi connectivity index (χ1) is 7.29. The van der Waals surface area contributed by atoms with Crippen LogP contribution < -0.4 is 5.73 Å². The number of aromatic hydroxyl groups is 1. The van der Waals surface area contributed by atoms with Crippen LogP contribution in [0.1, 0.15) is 45.7 Å². The molecule has 1 aromatic carbocycles. The lowest BCUT2D eigenvalue weighted by molar-refractivity contribution is 0.101. The summed E-state index contributed by atoms with van der Waals surface area (Å²) in [5.41, 5.74) is 7.50. The molecule has 4 nitrogen and oxygen atoms in total. The van der Waals surface area contributed by atoms with Crippen molar-refractivity contribution < 1.29 is 14.7 Å². The molecule has 0 atom stereocenters. The zero-order valence-corrected chi connectivity index (χ0v) is 9.84. The highest BCUT2D eigenvalue weighted by molar-refractivity contribution is 6.07. The number of rotatable bonds is 2. The van der Waals surface area contributed by atoms with Crippen molar-refractivity contribution in [2.45, 2.75) is 27.7 Å². The summed E-state index contributed by atoms with van der Waals surface area (Å²) in [5.74, 6) is -0.863. The minimum Gasteiger partial charge on any atom is -0.506 e. The van der Waals surface area contributed by atoms with E-state index in [1.165, 1.54) is 13.8 Å². The number of hydrogen-bond donors (Lipinski definition) is 2. The van der Waals surface area contributed by atoms with Gasteiger partial charge in [0.15, 0.2) is 11.6 Å². The summed E-state index contributed by atoms with van der Waals surface area (Å²) in [6, 6.07) is 0. The molecule has 0 fully saturated rings. The number of benzene rings is 1. The molecule has 1 rings (SSSR count). The van der Waals surface area contributed by atoms with Crippen molar-refractivity contribution in [1.29, 1.82) is 0 Å². The highest BCUT2D eigenvalue weighted by Crippen LogP contribution is 2.34. The number of phenolic OH excluding ortho intramolecular Hbond substituents is 1. The lowest BCUT2D eigenvalue weighted by Crippen LogP contribution is -2.09. The number of ketones is 2. The van der Waals surface area contributed by atoms with Gasteiger partial charge in [0.25, 0.3) is 0 Å². The summed E-state index contributed by atoms with van der Waals surface area (Å²) in [4.78, 5) is 22.8. The molecule has 0 unspecified atom stereocenters. The number of nitrogens with two attached hydrogens (primary N) is 1. The van der Waals surface area contributed by atoms with Gasteiger partial charge < -0.3 is 10.8 Å². The highest BCUT2D eigenvalue weighted by Gasteiger charge is 2.22. The molecule has 0 aromatic heterocycles. The zero-order chi connectivity index (χ0) is 12.6. The topological polar surface area (TPSA) is 80.4 Å². The summed E-state index contributed by atoms with van der Waals surface area (Å²) >= 11 is 0. The standard InChI is InChI=1S/C12H15NO3/c1-5-9(7(3)14)12(16)10(8(4)15)6(2)11(5)13/h16H,13H2,1-4H3. The summed E-state index contributed by atoms with van der Waals surface area (Å²) in [6.07, 6.45) is 0. The number of nitrogen functional groups attached to an aromatic ring is 1. The summed E-state index contributed by atoms with van der Waals surface area (Å²) < 4.78 is 0. The van der Waals surface area contributed by atoms with Crippen LogP contribution in [0.5, 0.6) is 5.75 Å². The number of anilines is 1. The maximum atomic E-state index is 11.4. The molecule has 0 aliphatic heterocycles. The maximum Gasteiger partial charge on any atom is 0.163 e. The van der Waals surface area contributed by atoms with E-state index in [0.29, 0.717) is 16.8 Å². The van der Waals surface area contributed by atoms with Gasteiger partial charge in [0.1, 0.15) is 5.75 Å². The lowest BCUT2D eigenvalue weighted by Gasteiger charge is -2.15. The smallest absolute Gasteiger partial charge is 0.163 e. The number of hydrogen-bond acceptors (Lipinski definition) is 4. The van der Waals surface area contributed by atoms with Crippen molar-refractivity contribution in [1.82, 2.24) is 0 Å². The van der Waals surface area contributed by atoms with Gasteiger partial charge in [-0.3, -0.25) is 9.59 Å². The van der Waals surface area contributed by atoms with E-state index in [9.17, 15) is 14.7 Å². The van der Waals surface area contributed by atoms with Gasteiger partial charge in [0.05, 0.1) is 11.1 Å². The van der Waals surface area contributed by atoms with Crippen LogP contribution in [0, 0.1) is 13.8 Å². The van der Waals surface area contributed by atoms with Gasteiger partial charge in [-0.25, -0.2) is 0 Å². The minimum absolute atomic E-state index is 0.133. The Labute approximate surface area is 94.1 Å². The van der Waals surface area contributed by atoms with Crippen molar-refractivity contribution in [3.63, 3.8) is 0 Å². The Bertz CT molecular complexity index is 449. The Morgan fingerprint density at radius 1 is 1.00 bits per heavy atom. The normalized spacial score (nSPS) is 10.2. The molecule has 4 heteroatoms. The van der Waals surface area contributed by atoms with Crippen molar-refractivity contribution in [3.8, 4) is 5.75 Å². The molecule has 0 saturated heterocycles. The number of carbonyl (C=O) groups is 2. The fourth-order valence-electron chi connectivity index (χ4n) is 1.89. The molecule has 86 valence electrons. The Morgan fingerprint density at radius 2 is 1.31 bits per heavy atom. The molecule has 0 aliphatic rings. The lowest BCUT2D eigenvalue weighted by atomic mass is 9.92. The van der Waals surface area contributed by atoms with Gasteiger partial charge in [-0.1, -0.05) is 0 Å². The van der Waals surface area contributed by atoms with Gasteiger partial charge in [-0.2, -0.15) is 0 Å². The van der Waals surface area contributed by atoms with Crippen molar-refractivity contribution >= 4 is 17.3 Å². The van der Waals surface area contributed by atoms with Gasteiger partial charge in [0, 0.05) is 5.69 Å². The molecule has 0 radical (unpaired) electrons. The molecule has 0 aliphatic carbocycles. The average molecular weight is 221 g/mol. The Kier molecular flexibility index (Phi) is 3.03. The van der Waals surface area contributed by atoms with E-state index in [0.717, 1.165) is 0 Å². The molecule has 0 saturated carbocycles. The summed E-state index contributed by atoms with van der Waals surface area (Å²) in [5, 5.41) is 9.92. The first kappa shape index (κ1) is 12.2. The molecule has 0 spiro atoms. The Balaban J connectivity index is 3.80. The third-order valence-corrected chi connectivity index (χ3v) is 2.74. The molecule has 0 heterocycles. The Morgan fingerprint density at radius 3 is 1.56 bits per heavy atom. The summed E-state index contributed by atoms with van der Waals surface area (Å²) in [7, 11) is 0. The van der Waals surface area contributed by atoms with Gasteiger partial charge in [0.2, 0.25) is 0 Å². The van der Waals surface area contributed by atoms with Gasteiger partial charge in [-0.05, 0) is 38.8 Å². The van der Waals surface area contributed by atoms with Gasteiger partial charge in [-0.15, -0.1) is 0 Å². The second-order valence-corrected chi connectivity index (χ2v) is 3.87. The minimum atomic E-state index is -0.302. The predicted octanol–water partition coefficient (Wildman–Crippen LogP) is 2.00. The fraction of sp³-hybridized carbons (Fsp3) is 0.333. The van der Waals surface area contributed by atoms with E-state index in [4.69, 9.17) is 5.73 Å². The van der Waals surface area contributed by atoms with E-state index in [1.807, 2.05) is 0 Å². The van der Waals surface area contributed by atoms with Crippen LogP contribution in [0.4, 0.5) is 5.69 Å². The Hall–Kier alpha value is -1.84. The van der Waals surface area contributed by atoms with Crippen LogP contribution in [0.2, 0.25) is 0 Å². The van der Waals surface area contributed by atoms with E-state index >= 15 is 0 Å². The largest absolute Gasteiger partial charge is 0.506 e. The van der Waals surface area contributed by atoms with Crippen LogP contribution in [0.15, 0.2) is 0 Å². The number of carbonyl (C=O) groups excluding carboxylic acids is 2. The van der Waals surface area contributed by atoms with Crippen LogP contribution in [-0.2, 0) is 0 Å². The summed E-state index contributed by atoms with van der Waals surface area (Å²) in [6.45, 7) is 5.98. The van der Waals surface area contributed by atoms with E-state index in [1.54, 1.807) is 13.8 Å². The third-order valence-electron chi connectivity index (χ3n) is 2.74. The quantitative estimate of drug-likeness (QED) is 0.454. The third kappa shape index (κ3) is 1.66. The SMILES string of the molecule is CC(=O)c1c(C)c(N)c(C)c(C(C)=O)c1O. The number of phenols is 1. The van der Waals surface area contributed by atoms with Crippen LogP contribution >= 0.6 is 0 Å². The van der Waals surface area contributed by atoms with E-state index in [-0.39, 0.29) is 28.4 Å². The van der Waals surface area contributed by atoms with Gasteiger partial charge >= 0.3 is 0 Å². The molecule has 1 aromatic rings. The molecular weight excluding hydrogens is 206 g/mol. The second kappa shape index (κ2) is 3.96. The maximum absolute atomic E-state index is 11.4. The molecule has 0 bridgehead atoms. The second-order valence-electron chi connectivity index (χ2n) is 3.87. The fourth-order valence-corrected chi connectivity index (χ4v) is 1.89. The molecular formula is C12H15NO3. The predicted molar refractivity (Wildman–Crippen MR) is 62.0 cm³/mol. The van der Waals surface area contributed by atoms with E-state index in [2.05, 4.69) is 0 Å². The number of Topliss-reactive ketones (excluding diaryl/α,β-unsaturated/α-hetero) is 2. The monoisotopic (exact) mass is 221 g/mol. The average Bonchev–Trinajstić information content (AvgIpc) is 2.13. The van der Waals surface area contributed by atoms with Crippen molar-refractivity contribution in [2.24, 2.45) is 0 Å². The van der Waals surface area contributed by atoms with Crippen LogP contribution in [-0.4, -0.2) is 16.7 Å². The van der Waals surface area contributed by atoms with Crippen LogP contribution in [0.25, 0.3) is 0 Å². The molecule has 0 amide bonds. The first-order valence-corrected chi connectivity index (χ1v) is 4.92. The van der Waals surface area contributed by atoms with E-state index < -0.39 is 0 Å². The molecule has 16 heavy (non-hydrogen) atoms. The first-order valence-electron chi connectivity index (χ1n) is 4.92.